The number of thiazole rings is 1. The third-order valence-corrected chi connectivity index (χ3v) is 9.40. The van der Waals surface area contributed by atoms with Crippen LogP contribution < -0.4 is 23.2 Å². The third kappa shape index (κ3) is 3.20. The first kappa shape index (κ1) is 21.6. The monoisotopic (exact) mass is 510 g/mol. The number of rotatable bonds is 3. The number of thioether (sulfide) groups is 1. The second-order valence-corrected chi connectivity index (χ2v) is 11.1. The second-order valence-electron chi connectivity index (χ2n) is 8.81. The smallest absolute Gasteiger partial charge is 0.305 e. The Labute approximate surface area is 217 Å². The van der Waals surface area contributed by atoms with Gasteiger partial charge in [0.05, 0.1) is 37.3 Å². The van der Waals surface area contributed by atoms with Crippen molar-refractivity contribution in [1.82, 2.24) is 0 Å². The molecule has 2 aromatic carbocycles. The van der Waals surface area contributed by atoms with Crippen molar-refractivity contribution in [3.05, 3.63) is 102 Å². The number of methoxy groups -OCH3 is 2. The van der Waals surface area contributed by atoms with E-state index in [0.717, 1.165) is 28.6 Å². The van der Waals surface area contributed by atoms with Gasteiger partial charge in [-0.25, -0.2) is 0 Å². The molecule has 0 saturated carbocycles. The molecule has 2 aliphatic rings. The molecule has 2 atom stereocenters. The molecule has 36 heavy (non-hydrogen) atoms. The predicted octanol–water partition coefficient (Wildman–Crippen LogP) is 5.16. The molecule has 176 valence electrons. The van der Waals surface area contributed by atoms with Gasteiger partial charge in [0.2, 0.25) is 5.69 Å². The van der Waals surface area contributed by atoms with E-state index in [2.05, 4.69) is 104 Å². The van der Waals surface area contributed by atoms with E-state index in [1.165, 1.54) is 21.0 Å². The fraction of sp³-hybridized carbons (Fsp3) is 0.138. The minimum absolute atomic E-state index is 0.0602. The van der Waals surface area contributed by atoms with Crippen molar-refractivity contribution in [2.45, 2.75) is 15.8 Å². The molecule has 2 unspecified atom stereocenters. The minimum atomic E-state index is 0.0602. The van der Waals surface area contributed by atoms with Gasteiger partial charge >= 0.3 is 4.34 Å². The van der Waals surface area contributed by atoms with Gasteiger partial charge < -0.3 is 9.47 Å². The molecule has 5 heterocycles. The van der Waals surface area contributed by atoms with Crippen LogP contribution in [0.15, 0.2) is 101 Å². The van der Waals surface area contributed by atoms with Crippen molar-refractivity contribution in [1.29, 1.82) is 0 Å². The number of fused-ring (bicyclic) bond motifs is 8. The molecule has 0 saturated heterocycles. The number of hydrogen-bond acceptors (Lipinski definition) is 4. The standard InChI is InChI=1S/C29H24N3O2S2/c1-33-19-11-13-30-24-10-6-5-8-22(24)21-7-3-4-9-23(21)27(28-32-15-16-35-29(32)36-28)31-14-12-20(34-2)18-26(31)25(30)17-19/h3-18,27-28H,1-2H3/q+3. The first-order valence-corrected chi connectivity index (χ1v) is 13.6. The fourth-order valence-corrected chi connectivity index (χ4v) is 7.71. The highest BCUT2D eigenvalue weighted by Gasteiger charge is 2.52. The van der Waals surface area contributed by atoms with Gasteiger partial charge in [0.25, 0.3) is 22.8 Å². The van der Waals surface area contributed by atoms with E-state index in [0.29, 0.717) is 0 Å². The molecule has 5 nitrogen and oxygen atoms in total. The summed E-state index contributed by atoms with van der Waals surface area (Å²) in [6.45, 7) is 0. The van der Waals surface area contributed by atoms with Crippen LogP contribution in [-0.4, -0.2) is 14.2 Å². The molecule has 7 heteroatoms. The van der Waals surface area contributed by atoms with Gasteiger partial charge in [0.1, 0.15) is 11.5 Å². The van der Waals surface area contributed by atoms with E-state index >= 15 is 0 Å². The van der Waals surface area contributed by atoms with Crippen molar-refractivity contribution in [2.24, 2.45) is 0 Å². The SMILES string of the molecule is COc1cc[n+]2c(c1)-c1cc(OC)cc[n+]1C(C1Sc3scc[n+]31)c1ccccc1-c1ccccc1-2. The number of benzene rings is 2. The number of nitrogens with zero attached hydrogens (tertiary/aromatic N) is 3. The van der Waals surface area contributed by atoms with E-state index in [9.17, 15) is 0 Å². The summed E-state index contributed by atoms with van der Waals surface area (Å²) in [6.07, 6.45) is 6.48. The van der Waals surface area contributed by atoms with Crippen molar-refractivity contribution < 1.29 is 23.2 Å². The molecular formula is C29H24N3O2S2+3. The highest BCUT2D eigenvalue weighted by atomic mass is 32.2. The summed E-state index contributed by atoms with van der Waals surface area (Å²) in [7, 11) is 3.44. The Morgan fingerprint density at radius 3 is 2.25 bits per heavy atom. The molecule has 0 fully saturated rings. The van der Waals surface area contributed by atoms with Gasteiger partial charge in [-0.1, -0.05) is 47.7 Å². The highest BCUT2D eigenvalue weighted by Crippen LogP contribution is 2.48. The van der Waals surface area contributed by atoms with Crippen LogP contribution in [0.5, 0.6) is 11.5 Å². The minimum Gasteiger partial charge on any atom is -0.496 e. The van der Waals surface area contributed by atoms with Crippen LogP contribution in [0.3, 0.4) is 0 Å². The lowest BCUT2D eigenvalue weighted by molar-refractivity contribution is -0.815. The zero-order chi connectivity index (χ0) is 24.2. The Kier molecular flexibility index (Phi) is 5.08. The van der Waals surface area contributed by atoms with Crippen LogP contribution in [0.1, 0.15) is 17.0 Å². The van der Waals surface area contributed by atoms with E-state index < -0.39 is 0 Å². The van der Waals surface area contributed by atoms with Crippen molar-refractivity contribution in [3.8, 4) is 39.7 Å². The summed E-state index contributed by atoms with van der Waals surface area (Å²) >= 11 is 3.74. The number of pyridine rings is 2. The first-order valence-electron chi connectivity index (χ1n) is 11.8. The molecule has 7 rings (SSSR count). The average Bonchev–Trinajstić information content (AvgIpc) is 3.31. The second kappa shape index (κ2) is 8.47. The number of aromatic nitrogens is 3. The zero-order valence-corrected chi connectivity index (χ0v) is 21.5. The van der Waals surface area contributed by atoms with Crippen molar-refractivity contribution >= 4 is 23.1 Å². The van der Waals surface area contributed by atoms with Gasteiger partial charge in [0, 0.05) is 35.5 Å². The maximum absolute atomic E-state index is 5.71. The zero-order valence-electron chi connectivity index (χ0n) is 19.9. The predicted molar refractivity (Wildman–Crippen MR) is 140 cm³/mol. The lowest BCUT2D eigenvalue weighted by Crippen LogP contribution is -2.57. The molecule has 3 aromatic heterocycles. The molecule has 0 amide bonds. The van der Waals surface area contributed by atoms with Gasteiger partial charge in [-0.2, -0.15) is 13.7 Å². The van der Waals surface area contributed by atoms with E-state index in [1.54, 1.807) is 25.6 Å². The summed E-state index contributed by atoms with van der Waals surface area (Å²) < 4.78 is 19.8. The van der Waals surface area contributed by atoms with Crippen molar-refractivity contribution in [2.75, 3.05) is 14.2 Å². The Morgan fingerprint density at radius 1 is 0.722 bits per heavy atom. The first-order chi connectivity index (χ1) is 17.8. The summed E-state index contributed by atoms with van der Waals surface area (Å²) in [5, 5.41) is 2.41. The quantitative estimate of drug-likeness (QED) is 0.314. The molecule has 0 aliphatic carbocycles. The van der Waals surface area contributed by atoms with Gasteiger partial charge in [-0.15, -0.1) is 0 Å². The molecule has 0 spiro atoms. The Balaban J connectivity index is 1.62. The number of ether oxygens (including phenoxy) is 2. The van der Waals surface area contributed by atoms with E-state index in [-0.39, 0.29) is 11.4 Å². The van der Waals surface area contributed by atoms with Crippen LogP contribution in [0.25, 0.3) is 28.2 Å². The third-order valence-electron chi connectivity index (χ3n) is 7.02. The maximum Gasteiger partial charge on any atom is 0.305 e. The van der Waals surface area contributed by atoms with Crippen molar-refractivity contribution in [3.63, 3.8) is 0 Å². The Hall–Kier alpha value is -3.68. The lowest BCUT2D eigenvalue weighted by atomic mass is 9.93. The van der Waals surface area contributed by atoms with E-state index in [4.69, 9.17) is 9.47 Å². The molecule has 2 aliphatic heterocycles. The van der Waals surface area contributed by atoms with Crippen LogP contribution in [-0.2, 0) is 0 Å². The lowest BCUT2D eigenvalue weighted by Gasteiger charge is -2.25. The summed E-state index contributed by atoms with van der Waals surface area (Å²) in [5.74, 6) is 1.63. The van der Waals surface area contributed by atoms with Gasteiger partial charge in [0.15, 0.2) is 18.6 Å². The Bertz CT molecular complexity index is 1630. The molecule has 0 radical (unpaired) electrons. The molecule has 5 aromatic rings. The highest BCUT2D eigenvalue weighted by molar-refractivity contribution is 8.01. The van der Waals surface area contributed by atoms with Crippen LogP contribution in [0, 0.1) is 0 Å². The van der Waals surface area contributed by atoms with Crippen LogP contribution in [0.4, 0.5) is 0 Å². The maximum atomic E-state index is 5.71. The fourth-order valence-electron chi connectivity index (χ4n) is 5.32. The Morgan fingerprint density at radius 2 is 1.44 bits per heavy atom. The van der Waals surface area contributed by atoms with E-state index in [1.807, 2.05) is 17.8 Å². The molecular weight excluding hydrogens is 486 g/mol. The normalized spacial score (nSPS) is 17.1. The molecule has 0 N–H and O–H groups in total. The number of hydrogen-bond donors (Lipinski definition) is 0. The number of para-hydroxylation sites is 1. The van der Waals surface area contributed by atoms with Gasteiger partial charge in [-0.05, 0) is 11.6 Å². The van der Waals surface area contributed by atoms with Gasteiger partial charge in [-0.3, -0.25) is 0 Å². The topological polar surface area (TPSA) is 30.1 Å². The molecule has 0 bridgehead atoms. The summed E-state index contributed by atoms with van der Waals surface area (Å²) in [6, 6.07) is 25.9. The van der Waals surface area contributed by atoms with Crippen LogP contribution in [0.2, 0.25) is 0 Å². The summed E-state index contributed by atoms with van der Waals surface area (Å²) in [5.41, 5.74) is 6.97. The largest absolute Gasteiger partial charge is 0.496 e. The van der Waals surface area contributed by atoms with Crippen LogP contribution >= 0.6 is 23.1 Å². The average molecular weight is 511 g/mol. The summed E-state index contributed by atoms with van der Waals surface area (Å²) in [4.78, 5) is 0.